The van der Waals surface area contributed by atoms with Gasteiger partial charge in [-0.1, -0.05) is 151 Å². The largest absolute Gasteiger partial charge is 0.462 e. The predicted molar refractivity (Wildman–Crippen MR) is 259 cm³/mol. The van der Waals surface area contributed by atoms with Crippen LogP contribution in [0.5, 0.6) is 0 Å². The minimum atomic E-state index is -0.870. The van der Waals surface area contributed by atoms with Crippen LogP contribution in [0, 0.1) is 56.7 Å². The highest BCUT2D eigenvalue weighted by atomic mass is 32.6. The van der Waals surface area contributed by atoms with Crippen LogP contribution in [0.15, 0.2) is 103 Å². The number of hydrogen-bond donors (Lipinski definition) is 0. The van der Waals surface area contributed by atoms with Crippen molar-refractivity contribution in [3.8, 4) is 0 Å². The molecule has 2 unspecified atom stereocenters. The second-order valence-electron chi connectivity index (χ2n) is 21.2. The molecule has 3 nitrogen and oxygen atoms in total. The van der Waals surface area contributed by atoms with E-state index in [9.17, 15) is 4.79 Å². The third-order valence-corrected chi connectivity index (χ3v) is 18.3. The third kappa shape index (κ3) is 7.66. The molecule has 0 saturated heterocycles. The van der Waals surface area contributed by atoms with Gasteiger partial charge >= 0.3 is 7.25 Å². The van der Waals surface area contributed by atoms with Crippen molar-refractivity contribution in [3.05, 3.63) is 120 Å². The van der Waals surface area contributed by atoms with Crippen LogP contribution in [-0.2, 0) is 31.7 Å². The fourth-order valence-electron chi connectivity index (χ4n) is 15.3. The molecule has 6 heteroatoms. The lowest BCUT2D eigenvalue weighted by Gasteiger charge is -2.73. The number of rotatable bonds is 11. The maximum Gasteiger partial charge on any atom is 0.355 e. The van der Waals surface area contributed by atoms with Gasteiger partial charge in [-0.3, -0.25) is 4.79 Å². The standard InChI is InChI=1S/C54H72O3.H2P2S/c1-9-10-26-47(55)57-46-31-32-50(6)44(49(46,4)5)30-33-52(8)45(50)28-27-43-48-42(38(2)3)29-34-53(48,36-35-51(43,52)7)37-56-54(39-20-14-11-15-21-39,40-22-16-12-17-23-40)41-24-18-13-19-25-41;1-2-3/h11-25,42-46,48H,2,9-10,26-37H2,1,3-8H3;1H2/p+1/t42-,43+,44-,45+,46-,48+,50-,51+,52+,53+;/m0./s1/i/hT. The number of carbonyl (C=O) groups is 1. The number of fused-ring (bicyclic) bond motifs is 7. The fourth-order valence-corrected chi connectivity index (χ4v) is 15.3. The number of benzene rings is 3. The summed E-state index contributed by atoms with van der Waals surface area (Å²) in [5.41, 5.74) is 5.08. The van der Waals surface area contributed by atoms with Crippen LogP contribution in [0.25, 0.3) is 0 Å². The Morgan fingerprint density at radius 2 is 1.37 bits per heavy atom. The van der Waals surface area contributed by atoms with E-state index in [1.807, 2.05) is 0 Å². The van der Waals surface area contributed by atoms with Crippen molar-refractivity contribution >= 4 is 33.7 Å². The Labute approximate surface area is 374 Å². The normalized spacial score (nSPS) is 35.8. The maximum atomic E-state index is 12.9. The molecule has 324 valence electrons. The van der Waals surface area contributed by atoms with Crippen LogP contribution < -0.4 is 0 Å². The number of ether oxygens (including phenoxy) is 2. The van der Waals surface area contributed by atoms with Crippen molar-refractivity contribution in [2.24, 2.45) is 56.7 Å². The molecule has 0 radical (unpaired) electrons. The summed E-state index contributed by atoms with van der Waals surface area (Å²) >= 11 is 4.31. The Hall–Kier alpha value is -2.22. The Morgan fingerprint density at radius 3 is 1.90 bits per heavy atom. The molecule has 0 amide bonds. The molecule has 12 atom stereocenters. The Morgan fingerprint density at radius 1 is 0.800 bits per heavy atom. The molecule has 0 aromatic heterocycles. The Kier molecular flexibility index (Phi) is 13.4. The van der Waals surface area contributed by atoms with Crippen LogP contribution in [-0.4, -0.2) is 20.0 Å². The van der Waals surface area contributed by atoms with Gasteiger partial charge in [0.1, 0.15) is 11.7 Å². The predicted octanol–water partition coefficient (Wildman–Crippen LogP) is 14.7. The lowest BCUT2D eigenvalue weighted by atomic mass is 9.32. The van der Waals surface area contributed by atoms with E-state index in [1.54, 1.807) is 0 Å². The molecule has 0 spiro atoms. The van der Waals surface area contributed by atoms with Crippen LogP contribution in [0.2, 0.25) is 0 Å². The fraction of sp³-hybridized carbons (Fsp3) is 0.611. The van der Waals surface area contributed by atoms with Gasteiger partial charge in [0.05, 0.1) is 15.5 Å². The van der Waals surface area contributed by atoms with Gasteiger partial charge in [-0.25, -0.2) is 0 Å². The third-order valence-electron chi connectivity index (χ3n) is 18.3. The van der Waals surface area contributed by atoms with Gasteiger partial charge in [0, 0.05) is 11.8 Å². The van der Waals surface area contributed by atoms with Crippen LogP contribution >= 0.6 is 15.9 Å². The molecule has 5 saturated carbocycles. The zero-order valence-electron chi connectivity index (χ0n) is 38.9. The number of carbonyl (C=O) groups excluding carboxylic acids is 1. The first kappa shape index (κ1) is 44.4. The smallest absolute Gasteiger partial charge is 0.355 e. The van der Waals surface area contributed by atoms with Crippen molar-refractivity contribution < 1.29 is 14.3 Å². The van der Waals surface area contributed by atoms with E-state index >= 15 is 0 Å². The van der Waals surface area contributed by atoms with Crippen molar-refractivity contribution in [2.45, 2.75) is 144 Å². The molecule has 5 aliphatic carbocycles. The van der Waals surface area contributed by atoms with E-state index in [4.69, 9.17) is 17.3 Å². The highest BCUT2D eigenvalue weighted by Crippen LogP contribution is 2.77. The minimum Gasteiger partial charge on any atom is -0.462 e. The van der Waals surface area contributed by atoms with Gasteiger partial charge in [0.25, 0.3) is 0 Å². The maximum absolute atomic E-state index is 12.9. The van der Waals surface area contributed by atoms with E-state index in [0.29, 0.717) is 36.0 Å². The number of unbranched alkanes of at least 4 members (excludes halogenated alkanes) is 1. The van der Waals surface area contributed by atoms with Gasteiger partial charge in [-0.15, -0.1) is 0 Å². The van der Waals surface area contributed by atoms with Crippen LogP contribution in [0.1, 0.15) is 149 Å². The summed E-state index contributed by atoms with van der Waals surface area (Å²) in [6, 6.07) is 33.0. The van der Waals surface area contributed by atoms with E-state index in [2.05, 4.69) is 160 Å². The van der Waals surface area contributed by atoms with Gasteiger partial charge in [-0.2, -0.15) is 0 Å². The molecule has 3 aromatic rings. The molecule has 0 aliphatic heterocycles. The molecule has 60 heavy (non-hydrogen) atoms. The van der Waals surface area contributed by atoms with E-state index in [1.165, 1.54) is 80.1 Å². The van der Waals surface area contributed by atoms with Gasteiger partial charge in [-0.05, 0) is 145 Å². The summed E-state index contributed by atoms with van der Waals surface area (Å²) in [5.74, 6) is 2.99. The minimum absolute atomic E-state index is 0.0130. The van der Waals surface area contributed by atoms with Crippen molar-refractivity contribution in [3.63, 3.8) is 0 Å². The molecule has 5 aliphatic rings. The summed E-state index contributed by atoms with van der Waals surface area (Å²) in [6.07, 6.45) is 14.7. The summed E-state index contributed by atoms with van der Waals surface area (Å²) in [4.78, 5) is 12.9. The Bertz CT molecular complexity index is 1910. The molecular formula is C54H75O3P2S+. The number of hydrogen-bond acceptors (Lipinski definition) is 4. The summed E-state index contributed by atoms with van der Waals surface area (Å²) in [5, 5.41) is 0. The van der Waals surface area contributed by atoms with Crippen LogP contribution in [0.4, 0.5) is 0 Å². The van der Waals surface area contributed by atoms with Crippen molar-refractivity contribution in [1.82, 2.24) is 0 Å². The SMILES string of the molecule is C=C(C)[C@@H]1CC[C@]2(COC(c3ccccc3)(c3ccccc3)c3ccccc3)CC[C@]3(C)[C@H](CC[C@@H]4[C@@]5(C)CC[C@H](OC(=O)CCCC)C(C)(C)[C@@H]5CC[C@]43C)[C@@H]12.[3H][P+](P)=S. The summed E-state index contributed by atoms with van der Waals surface area (Å²) in [6.45, 7) is 22.1. The van der Waals surface area contributed by atoms with E-state index in [0.717, 1.165) is 25.9 Å². The highest BCUT2D eigenvalue weighted by Gasteiger charge is 2.71. The summed E-state index contributed by atoms with van der Waals surface area (Å²) in [7, 11) is 2.20. The van der Waals surface area contributed by atoms with E-state index in [-0.39, 0.29) is 39.1 Å². The van der Waals surface area contributed by atoms with Crippen LogP contribution in [0.3, 0.4) is 0 Å². The Balaban J connectivity index is 0.00000134. The lowest BCUT2D eigenvalue weighted by Crippen LogP contribution is -2.67. The van der Waals surface area contributed by atoms with Gasteiger partial charge in [0.15, 0.2) is 18.8 Å². The highest BCUT2D eigenvalue weighted by molar-refractivity contribution is 8.24. The van der Waals surface area contributed by atoms with Gasteiger partial charge < -0.3 is 9.47 Å². The molecule has 0 N–H and O–H groups in total. The molecule has 0 bridgehead atoms. The molecule has 0 heterocycles. The first-order chi connectivity index (χ1) is 29.0. The zero-order valence-corrected chi connectivity index (χ0v) is 40.8. The molecular weight excluding hydrogens is 791 g/mol. The first-order valence-electron chi connectivity index (χ1n) is 23.8. The average Bonchev–Trinajstić information content (AvgIpc) is 3.63. The molecule has 5 fully saturated rings. The average molecular weight is 868 g/mol. The quantitative estimate of drug-likeness (QED) is 0.0832. The lowest BCUT2D eigenvalue weighted by molar-refractivity contribution is -0.253. The molecule has 3 aromatic carbocycles. The second-order valence-corrected chi connectivity index (χ2v) is 23.9. The van der Waals surface area contributed by atoms with Crippen molar-refractivity contribution in [1.29, 1.82) is 1.28 Å². The zero-order chi connectivity index (χ0) is 43.8. The van der Waals surface area contributed by atoms with Gasteiger partial charge in [0.2, 0.25) is 0 Å². The number of allylic oxidation sites excluding steroid dienone is 1. The van der Waals surface area contributed by atoms with E-state index < -0.39 is 12.6 Å². The number of esters is 1. The molecule has 8 rings (SSSR count). The second kappa shape index (κ2) is 18.1. The monoisotopic (exact) mass is 867 g/mol. The first-order valence-corrected chi connectivity index (χ1v) is 26.9. The topological polar surface area (TPSA) is 35.5 Å². The summed E-state index contributed by atoms with van der Waals surface area (Å²) < 4.78 is 20.6. The van der Waals surface area contributed by atoms with Crippen molar-refractivity contribution in [2.75, 3.05) is 6.61 Å².